The Bertz CT molecular complexity index is 640. The van der Waals surface area contributed by atoms with E-state index in [1.165, 1.54) is 12.8 Å². The molecule has 0 unspecified atom stereocenters. The molecule has 110 valence electrons. The molecule has 0 bridgehead atoms. The minimum atomic E-state index is 0.496. The molecule has 1 aliphatic rings. The van der Waals surface area contributed by atoms with Gasteiger partial charge in [-0.2, -0.15) is 4.98 Å². The fourth-order valence-electron chi connectivity index (χ4n) is 2.37. The zero-order valence-electron chi connectivity index (χ0n) is 12.4. The summed E-state index contributed by atoms with van der Waals surface area (Å²) in [6, 6.07) is 10.3. The van der Waals surface area contributed by atoms with Gasteiger partial charge in [0.05, 0.1) is 7.11 Å². The van der Waals surface area contributed by atoms with Gasteiger partial charge in [0.15, 0.2) is 0 Å². The van der Waals surface area contributed by atoms with E-state index < -0.39 is 0 Å². The Hall–Kier alpha value is -2.30. The molecular weight excluding hydrogens is 264 g/mol. The van der Waals surface area contributed by atoms with Crippen LogP contribution in [0.2, 0.25) is 0 Å². The maximum absolute atomic E-state index is 6.06. The molecule has 2 aromatic rings. The van der Waals surface area contributed by atoms with Crippen molar-refractivity contribution >= 4 is 11.6 Å². The van der Waals surface area contributed by atoms with Gasteiger partial charge in [-0.25, -0.2) is 4.98 Å². The summed E-state index contributed by atoms with van der Waals surface area (Å²) in [5.74, 6) is 1.32. The van der Waals surface area contributed by atoms with Crippen molar-refractivity contribution in [1.82, 2.24) is 9.97 Å². The lowest BCUT2D eigenvalue weighted by Crippen LogP contribution is -2.27. The number of benzene rings is 1. The first-order valence-electron chi connectivity index (χ1n) is 7.17. The van der Waals surface area contributed by atoms with Crippen molar-refractivity contribution in [3.8, 4) is 5.88 Å². The highest BCUT2D eigenvalue weighted by Crippen LogP contribution is 2.32. The van der Waals surface area contributed by atoms with Gasteiger partial charge in [0.25, 0.3) is 0 Å². The first-order chi connectivity index (χ1) is 10.2. The number of rotatable bonds is 5. The average molecular weight is 284 g/mol. The molecule has 0 spiro atoms. The van der Waals surface area contributed by atoms with Gasteiger partial charge in [-0.05, 0) is 31.4 Å². The summed E-state index contributed by atoms with van der Waals surface area (Å²) in [6.45, 7) is 2.68. The van der Waals surface area contributed by atoms with Crippen LogP contribution in [0.5, 0.6) is 5.88 Å². The van der Waals surface area contributed by atoms with Crippen molar-refractivity contribution in [2.45, 2.75) is 32.4 Å². The number of hydrogen-bond acceptors (Lipinski definition) is 5. The lowest BCUT2D eigenvalue weighted by atomic mass is 10.1. The summed E-state index contributed by atoms with van der Waals surface area (Å²) >= 11 is 0. The quantitative estimate of drug-likeness (QED) is 0.855. The third-order valence-electron chi connectivity index (χ3n) is 3.67. The van der Waals surface area contributed by atoms with Gasteiger partial charge in [0.2, 0.25) is 11.8 Å². The van der Waals surface area contributed by atoms with Gasteiger partial charge in [-0.15, -0.1) is 0 Å². The lowest BCUT2D eigenvalue weighted by Gasteiger charge is -2.23. The number of nitrogens with two attached hydrogens (primary N) is 1. The van der Waals surface area contributed by atoms with Crippen LogP contribution in [0.3, 0.4) is 0 Å². The molecule has 5 nitrogen and oxygen atoms in total. The molecule has 0 aliphatic heterocycles. The van der Waals surface area contributed by atoms with E-state index in [0.29, 0.717) is 11.9 Å². The lowest BCUT2D eigenvalue weighted by molar-refractivity contribution is 0.396. The molecule has 1 fully saturated rings. The average Bonchev–Trinajstić information content (AvgIpc) is 3.30. The summed E-state index contributed by atoms with van der Waals surface area (Å²) < 4.78 is 5.26. The van der Waals surface area contributed by atoms with E-state index in [1.807, 2.05) is 31.2 Å². The number of nitrogen functional groups attached to an aromatic ring is 1. The van der Waals surface area contributed by atoms with Crippen molar-refractivity contribution in [1.29, 1.82) is 0 Å². The second kappa shape index (κ2) is 5.60. The molecule has 21 heavy (non-hydrogen) atoms. The summed E-state index contributed by atoms with van der Waals surface area (Å²) in [7, 11) is 1.63. The Morgan fingerprint density at radius 2 is 2.05 bits per heavy atom. The third-order valence-corrected chi connectivity index (χ3v) is 3.67. The molecule has 5 heteroatoms. The summed E-state index contributed by atoms with van der Waals surface area (Å²) in [5.41, 5.74) is 8.88. The Kier molecular flexibility index (Phi) is 3.64. The largest absolute Gasteiger partial charge is 0.481 e. The van der Waals surface area contributed by atoms with E-state index in [2.05, 4.69) is 20.9 Å². The Morgan fingerprint density at radius 3 is 2.71 bits per heavy atom. The van der Waals surface area contributed by atoms with Gasteiger partial charge < -0.3 is 15.4 Å². The number of hydrogen-bond donors (Lipinski definition) is 1. The highest BCUT2D eigenvalue weighted by molar-refractivity contribution is 5.49. The molecule has 1 aromatic heterocycles. The van der Waals surface area contributed by atoms with Crippen molar-refractivity contribution in [3.63, 3.8) is 0 Å². The number of aromatic nitrogens is 2. The fourth-order valence-corrected chi connectivity index (χ4v) is 2.37. The summed E-state index contributed by atoms with van der Waals surface area (Å²) in [4.78, 5) is 11.3. The van der Waals surface area contributed by atoms with Crippen LogP contribution in [0, 0.1) is 6.92 Å². The van der Waals surface area contributed by atoms with Crippen LogP contribution >= 0.6 is 0 Å². The smallest absolute Gasteiger partial charge is 0.229 e. The van der Waals surface area contributed by atoms with Crippen molar-refractivity contribution in [3.05, 3.63) is 41.6 Å². The SMILES string of the molecule is COc1cc(C)nc(N(Cc2ccccc2N)C2CC2)n1. The summed E-state index contributed by atoms with van der Waals surface area (Å²) in [5, 5.41) is 0. The molecule has 0 saturated heterocycles. The van der Waals surface area contributed by atoms with E-state index in [9.17, 15) is 0 Å². The normalized spacial score (nSPS) is 14.0. The number of anilines is 2. The molecule has 1 aromatic carbocycles. The third kappa shape index (κ3) is 3.07. The zero-order valence-corrected chi connectivity index (χ0v) is 12.4. The van der Waals surface area contributed by atoms with E-state index in [4.69, 9.17) is 10.5 Å². The van der Waals surface area contributed by atoms with Crippen LogP contribution in [0.15, 0.2) is 30.3 Å². The van der Waals surface area contributed by atoms with Crippen LogP contribution in [-0.2, 0) is 6.54 Å². The molecule has 1 saturated carbocycles. The number of aryl methyl sites for hydroxylation is 1. The standard InChI is InChI=1S/C16H20N4O/c1-11-9-15(21-2)19-16(18-11)20(13-7-8-13)10-12-5-3-4-6-14(12)17/h3-6,9,13H,7-8,10,17H2,1-2H3. The molecular formula is C16H20N4O. The number of nitrogens with zero attached hydrogens (tertiary/aromatic N) is 3. The van der Waals surface area contributed by atoms with Crippen molar-refractivity contribution < 1.29 is 4.74 Å². The van der Waals surface area contributed by atoms with Crippen LogP contribution in [-0.4, -0.2) is 23.1 Å². The maximum atomic E-state index is 6.06. The molecule has 0 amide bonds. The minimum Gasteiger partial charge on any atom is -0.481 e. The van der Waals surface area contributed by atoms with E-state index in [1.54, 1.807) is 7.11 Å². The topological polar surface area (TPSA) is 64.3 Å². The monoisotopic (exact) mass is 284 g/mol. The van der Waals surface area contributed by atoms with E-state index >= 15 is 0 Å². The van der Waals surface area contributed by atoms with Gasteiger partial charge in [-0.3, -0.25) is 0 Å². The highest BCUT2D eigenvalue weighted by atomic mass is 16.5. The second-order valence-corrected chi connectivity index (χ2v) is 5.41. The van der Waals surface area contributed by atoms with Crippen molar-refractivity contribution in [2.24, 2.45) is 0 Å². The van der Waals surface area contributed by atoms with Crippen molar-refractivity contribution in [2.75, 3.05) is 17.7 Å². The minimum absolute atomic E-state index is 0.496. The highest BCUT2D eigenvalue weighted by Gasteiger charge is 2.31. The first-order valence-corrected chi connectivity index (χ1v) is 7.17. The number of para-hydroxylation sites is 1. The fraction of sp³-hybridized carbons (Fsp3) is 0.375. The summed E-state index contributed by atoms with van der Waals surface area (Å²) in [6.07, 6.45) is 2.35. The molecule has 2 N–H and O–H groups in total. The molecule has 3 rings (SSSR count). The molecule has 0 radical (unpaired) electrons. The number of methoxy groups -OCH3 is 1. The molecule has 1 aliphatic carbocycles. The zero-order chi connectivity index (χ0) is 14.8. The maximum Gasteiger partial charge on any atom is 0.229 e. The van der Waals surface area contributed by atoms with Gasteiger partial charge in [-0.1, -0.05) is 18.2 Å². The molecule has 0 atom stereocenters. The second-order valence-electron chi connectivity index (χ2n) is 5.41. The predicted octanol–water partition coefficient (Wildman–Crippen LogP) is 2.54. The van der Waals surface area contributed by atoms with Gasteiger partial charge in [0, 0.05) is 30.0 Å². The van der Waals surface area contributed by atoms with Crippen LogP contribution < -0.4 is 15.4 Å². The van der Waals surface area contributed by atoms with E-state index in [-0.39, 0.29) is 0 Å². The Labute approximate surface area is 124 Å². The Balaban J connectivity index is 1.92. The van der Waals surface area contributed by atoms with Gasteiger partial charge in [0.1, 0.15) is 0 Å². The van der Waals surface area contributed by atoms with Gasteiger partial charge >= 0.3 is 0 Å². The van der Waals surface area contributed by atoms with E-state index in [0.717, 1.165) is 29.4 Å². The molecule has 1 heterocycles. The first kappa shape index (κ1) is 13.7. The number of ether oxygens (including phenoxy) is 1. The van der Waals surface area contributed by atoms with Crippen LogP contribution in [0.4, 0.5) is 11.6 Å². The van der Waals surface area contributed by atoms with Crippen LogP contribution in [0.25, 0.3) is 0 Å². The van der Waals surface area contributed by atoms with Crippen LogP contribution in [0.1, 0.15) is 24.1 Å². The predicted molar refractivity (Wildman–Crippen MR) is 83.4 cm³/mol. The Morgan fingerprint density at radius 1 is 1.29 bits per heavy atom.